The number of nitrogens with zero attached hydrogens (tertiary/aromatic N) is 3. The molecule has 6 nitrogen and oxygen atoms in total. The molecule has 30 heavy (non-hydrogen) atoms. The normalized spacial score (nSPS) is 11.2. The number of pyridine rings is 1. The van der Waals surface area contributed by atoms with Gasteiger partial charge in [-0.3, -0.25) is 4.98 Å². The molecule has 0 saturated heterocycles. The van der Waals surface area contributed by atoms with Crippen LogP contribution in [0.15, 0.2) is 72.0 Å². The zero-order valence-corrected chi connectivity index (χ0v) is 17.2. The summed E-state index contributed by atoms with van der Waals surface area (Å²) in [6, 6.07) is 19.5. The molecule has 0 aliphatic heterocycles. The summed E-state index contributed by atoms with van der Waals surface area (Å²) in [4.78, 5) is 16.5. The number of benzene rings is 2. The predicted molar refractivity (Wildman–Crippen MR) is 121 cm³/mol. The van der Waals surface area contributed by atoms with Crippen LogP contribution in [-0.4, -0.2) is 21.8 Å². The summed E-state index contributed by atoms with van der Waals surface area (Å²) in [7, 11) is 0. The molecule has 2 heterocycles. The molecule has 2 aromatic heterocycles. The van der Waals surface area contributed by atoms with Crippen LogP contribution in [-0.2, 0) is 0 Å². The number of hydrazone groups is 1. The van der Waals surface area contributed by atoms with Gasteiger partial charge in [0.25, 0.3) is 0 Å². The van der Waals surface area contributed by atoms with Crippen LogP contribution in [0.1, 0.15) is 22.5 Å². The summed E-state index contributed by atoms with van der Waals surface area (Å²) < 4.78 is 2.17. The molecule has 150 valence electrons. The monoisotopic (exact) mass is 397 g/mol. The second kappa shape index (κ2) is 8.21. The predicted octanol–water partition coefficient (Wildman–Crippen LogP) is 5.11. The number of amides is 2. The fourth-order valence-corrected chi connectivity index (χ4v) is 3.54. The average molecular weight is 397 g/mol. The first-order valence-electron chi connectivity index (χ1n) is 9.73. The molecule has 0 atom stereocenters. The fraction of sp³-hybridized carbons (Fsp3) is 0.125. The highest BCUT2D eigenvalue weighted by Crippen LogP contribution is 2.23. The maximum absolute atomic E-state index is 12.1. The molecule has 2 amide bonds. The van der Waals surface area contributed by atoms with Crippen molar-refractivity contribution in [2.24, 2.45) is 5.10 Å². The molecule has 2 N–H and O–H groups in total. The SMILES string of the molecule is Cc1ccccc1NC(=O)N/N=C/c1cc(C)n(-c2ccc3ncccc3c2)c1C. The van der Waals surface area contributed by atoms with Gasteiger partial charge in [-0.2, -0.15) is 5.10 Å². The number of fused-ring (bicyclic) bond motifs is 1. The lowest BCUT2D eigenvalue weighted by Gasteiger charge is -2.10. The van der Waals surface area contributed by atoms with Crippen molar-refractivity contribution in [3.8, 4) is 5.69 Å². The molecule has 0 fully saturated rings. The maximum atomic E-state index is 12.1. The van der Waals surface area contributed by atoms with Crippen molar-refractivity contribution in [1.82, 2.24) is 15.0 Å². The Hall–Kier alpha value is -3.93. The Labute approximate surface area is 175 Å². The molecule has 0 aliphatic carbocycles. The third-order valence-electron chi connectivity index (χ3n) is 5.08. The Bertz CT molecular complexity index is 1260. The van der Waals surface area contributed by atoms with Crippen LogP contribution in [0.5, 0.6) is 0 Å². The Morgan fingerprint density at radius 3 is 2.70 bits per heavy atom. The number of aromatic nitrogens is 2. The minimum absolute atomic E-state index is 0.378. The molecule has 4 rings (SSSR count). The summed E-state index contributed by atoms with van der Waals surface area (Å²) in [5, 5.41) is 8.00. The van der Waals surface area contributed by atoms with Crippen LogP contribution in [0, 0.1) is 20.8 Å². The number of carbonyl (C=O) groups excluding carboxylic acids is 1. The van der Waals surface area contributed by atoms with E-state index in [1.54, 1.807) is 12.4 Å². The van der Waals surface area contributed by atoms with Crippen molar-refractivity contribution in [2.45, 2.75) is 20.8 Å². The number of carbonyl (C=O) groups is 1. The van der Waals surface area contributed by atoms with Gasteiger partial charge in [0.1, 0.15) is 0 Å². The lowest BCUT2D eigenvalue weighted by atomic mass is 10.2. The van der Waals surface area contributed by atoms with E-state index >= 15 is 0 Å². The first kappa shape index (κ1) is 19.4. The zero-order valence-electron chi connectivity index (χ0n) is 17.2. The lowest BCUT2D eigenvalue weighted by Crippen LogP contribution is -2.24. The highest BCUT2D eigenvalue weighted by atomic mass is 16.2. The van der Waals surface area contributed by atoms with Gasteiger partial charge in [-0.05, 0) is 62.7 Å². The molecular formula is C24H23N5O. The molecule has 0 bridgehead atoms. The molecule has 4 aromatic rings. The Morgan fingerprint density at radius 1 is 1.03 bits per heavy atom. The molecule has 0 saturated carbocycles. The Balaban J connectivity index is 1.51. The van der Waals surface area contributed by atoms with E-state index in [1.165, 1.54) is 0 Å². The summed E-state index contributed by atoms with van der Waals surface area (Å²) in [5.74, 6) is 0. The summed E-state index contributed by atoms with van der Waals surface area (Å²) >= 11 is 0. The molecular weight excluding hydrogens is 374 g/mol. The van der Waals surface area contributed by atoms with E-state index in [0.717, 1.165) is 44.8 Å². The van der Waals surface area contributed by atoms with Gasteiger partial charge in [0, 0.05) is 39.9 Å². The van der Waals surface area contributed by atoms with Crippen molar-refractivity contribution in [3.05, 3.63) is 89.4 Å². The molecule has 0 aliphatic rings. The third kappa shape index (κ3) is 3.93. The van der Waals surface area contributed by atoms with Crippen molar-refractivity contribution < 1.29 is 4.79 Å². The van der Waals surface area contributed by atoms with Gasteiger partial charge in [0.2, 0.25) is 0 Å². The van der Waals surface area contributed by atoms with Gasteiger partial charge < -0.3 is 9.88 Å². The number of urea groups is 1. The molecule has 6 heteroatoms. The van der Waals surface area contributed by atoms with E-state index in [2.05, 4.69) is 50.5 Å². The first-order valence-corrected chi connectivity index (χ1v) is 9.73. The molecule has 0 unspecified atom stereocenters. The van der Waals surface area contributed by atoms with Crippen molar-refractivity contribution in [1.29, 1.82) is 0 Å². The van der Waals surface area contributed by atoms with Crippen LogP contribution in [0.25, 0.3) is 16.6 Å². The largest absolute Gasteiger partial charge is 0.339 e. The Morgan fingerprint density at radius 2 is 1.87 bits per heavy atom. The minimum Gasteiger partial charge on any atom is -0.318 e. The highest BCUT2D eigenvalue weighted by Gasteiger charge is 2.10. The van der Waals surface area contributed by atoms with Gasteiger partial charge in [0.15, 0.2) is 0 Å². The van der Waals surface area contributed by atoms with Crippen LogP contribution < -0.4 is 10.7 Å². The fourth-order valence-electron chi connectivity index (χ4n) is 3.54. The van der Waals surface area contributed by atoms with E-state index in [0.29, 0.717) is 0 Å². The van der Waals surface area contributed by atoms with Gasteiger partial charge in [-0.25, -0.2) is 10.2 Å². The van der Waals surface area contributed by atoms with Gasteiger partial charge >= 0.3 is 6.03 Å². The summed E-state index contributed by atoms with van der Waals surface area (Å²) in [5.41, 5.74) is 9.38. The zero-order chi connectivity index (χ0) is 21.1. The number of rotatable bonds is 4. The number of anilines is 1. The number of aryl methyl sites for hydroxylation is 2. The number of para-hydroxylation sites is 1. The smallest absolute Gasteiger partial charge is 0.318 e. The number of nitrogens with one attached hydrogen (secondary N) is 2. The van der Waals surface area contributed by atoms with Gasteiger partial charge in [-0.1, -0.05) is 24.3 Å². The molecule has 2 aromatic carbocycles. The van der Waals surface area contributed by atoms with Gasteiger partial charge in [0.05, 0.1) is 11.7 Å². The standard InChI is InChI=1S/C24H23N5O/c1-16-7-4-5-9-22(16)27-24(30)28-26-15-20-13-17(2)29(18(20)3)21-10-11-23-19(14-21)8-6-12-25-23/h4-15H,1-3H3,(H2,27,28,30)/b26-15+. The minimum atomic E-state index is -0.378. The van der Waals surface area contributed by atoms with Gasteiger partial charge in [-0.15, -0.1) is 0 Å². The molecule has 0 spiro atoms. The second-order valence-electron chi connectivity index (χ2n) is 7.18. The van der Waals surface area contributed by atoms with Crippen LogP contribution >= 0.6 is 0 Å². The highest BCUT2D eigenvalue weighted by molar-refractivity contribution is 5.91. The maximum Gasteiger partial charge on any atom is 0.339 e. The third-order valence-corrected chi connectivity index (χ3v) is 5.08. The van der Waals surface area contributed by atoms with Crippen LogP contribution in [0.3, 0.4) is 0 Å². The van der Waals surface area contributed by atoms with E-state index in [1.807, 2.05) is 56.3 Å². The van der Waals surface area contributed by atoms with Crippen molar-refractivity contribution in [2.75, 3.05) is 5.32 Å². The summed E-state index contributed by atoms with van der Waals surface area (Å²) in [6.07, 6.45) is 3.46. The van der Waals surface area contributed by atoms with Crippen molar-refractivity contribution >= 4 is 28.8 Å². The lowest BCUT2D eigenvalue weighted by molar-refractivity contribution is 0.252. The Kier molecular flexibility index (Phi) is 5.30. The quantitative estimate of drug-likeness (QED) is 0.371. The van der Waals surface area contributed by atoms with E-state index in [9.17, 15) is 4.79 Å². The van der Waals surface area contributed by atoms with E-state index in [4.69, 9.17) is 0 Å². The van der Waals surface area contributed by atoms with Crippen molar-refractivity contribution in [3.63, 3.8) is 0 Å². The van der Waals surface area contributed by atoms with E-state index in [-0.39, 0.29) is 6.03 Å². The van der Waals surface area contributed by atoms with Crippen LogP contribution in [0.4, 0.5) is 10.5 Å². The second-order valence-corrected chi connectivity index (χ2v) is 7.18. The number of hydrogen-bond donors (Lipinski definition) is 2. The molecule has 0 radical (unpaired) electrons. The topological polar surface area (TPSA) is 71.3 Å². The average Bonchev–Trinajstić information content (AvgIpc) is 3.02. The number of hydrogen-bond acceptors (Lipinski definition) is 3. The first-order chi connectivity index (χ1) is 14.5. The van der Waals surface area contributed by atoms with Crippen LogP contribution in [0.2, 0.25) is 0 Å². The van der Waals surface area contributed by atoms with E-state index < -0.39 is 0 Å². The summed E-state index contributed by atoms with van der Waals surface area (Å²) in [6.45, 7) is 6.03.